The highest BCUT2D eigenvalue weighted by Crippen LogP contribution is 2.26. The van der Waals surface area contributed by atoms with Gasteiger partial charge in [-0.3, -0.25) is 9.78 Å². The molecule has 0 aliphatic heterocycles. The zero-order valence-electron chi connectivity index (χ0n) is 13.6. The minimum Gasteiger partial charge on any atom is -0.492 e. The predicted octanol–water partition coefficient (Wildman–Crippen LogP) is 1.58. The highest BCUT2D eigenvalue weighted by atomic mass is 16.5. The van der Waals surface area contributed by atoms with Gasteiger partial charge in [0.05, 0.1) is 18.3 Å². The number of hydrogen-bond acceptors (Lipinski definition) is 5. The first-order valence-corrected chi connectivity index (χ1v) is 7.40. The van der Waals surface area contributed by atoms with E-state index in [0.29, 0.717) is 29.4 Å². The lowest BCUT2D eigenvalue weighted by Gasteiger charge is -2.15. The molecule has 4 N–H and O–H groups in total. The van der Waals surface area contributed by atoms with Gasteiger partial charge in [-0.25, -0.2) is 14.7 Å². The van der Waals surface area contributed by atoms with Crippen LogP contribution in [-0.4, -0.2) is 33.6 Å². The molecule has 0 aliphatic rings. The SMILES string of the molecule is CCOc1ccc(C(C)=O)cc1NC(=O)NC(C)c1n[nH]c(=O)[nH]1. The first kappa shape index (κ1) is 17.3. The number of ether oxygens (including phenoxy) is 1. The Balaban J connectivity index is 2.13. The van der Waals surface area contributed by atoms with Gasteiger partial charge >= 0.3 is 11.7 Å². The van der Waals surface area contributed by atoms with E-state index in [2.05, 4.69) is 25.8 Å². The zero-order valence-corrected chi connectivity index (χ0v) is 13.6. The second-order valence-corrected chi connectivity index (χ2v) is 5.08. The molecule has 1 atom stereocenters. The average Bonchev–Trinajstić information content (AvgIpc) is 2.95. The van der Waals surface area contributed by atoms with Crippen molar-refractivity contribution in [3.05, 3.63) is 40.1 Å². The summed E-state index contributed by atoms with van der Waals surface area (Å²) in [6.45, 7) is 5.34. The summed E-state index contributed by atoms with van der Waals surface area (Å²) >= 11 is 0. The molecule has 0 fully saturated rings. The Morgan fingerprint density at radius 2 is 2.12 bits per heavy atom. The molecule has 9 heteroatoms. The number of nitrogens with one attached hydrogen (secondary N) is 4. The minimum absolute atomic E-state index is 0.121. The van der Waals surface area contributed by atoms with Crippen LogP contribution in [0.25, 0.3) is 0 Å². The van der Waals surface area contributed by atoms with E-state index in [4.69, 9.17) is 4.74 Å². The summed E-state index contributed by atoms with van der Waals surface area (Å²) in [5, 5.41) is 11.3. The van der Waals surface area contributed by atoms with Crippen LogP contribution < -0.4 is 21.1 Å². The lowest BCUT2D eigenvalue weighted by Crippen LogP contribution is -2.32. The fourth-order valence-electron chi connectivity index (χ4n) is 2.04. The van der Waals surface area contributed by atoms with Crippen molar-refractivity contribution in [2.24, 2.45) is 0 Å². The van der Waals surface area contributed by atoms with E-state index in [1.807, 2.05) is 6.92 Å². The molecule has 2 rings (SSSR count). The molecular weight excluding hydrogens is 314 g/mol. The lowest BCUT2D eigenvalue weighted by atomic mass is 10.1. The number of urea groups is 1. The van der Waals surface area contributed by atoms with Gasteiger partial charge in [-0.05, 0) is 39.0 Å². The molecule has 1 aromatic heterocycles. The second kappa shape index (κ2) is 7.44. The second-order valence-electron chi connectivity index (χ2n) is 5.08. The Hall–Kier alpha value is -3.10. The van der Waals surface area contributed by atoms with E-state index < -0.39 is 17.8 Å². The Labute approximate surface area is 137 Å². The van der Waals surface area contributed by atoms with Gasteiger partial charge in [-0.1, -0.05) is 0 Å². The van der Waals surface area contributed by atoms with Gasteiger partial charge < -0.3 is 15.4 Å². The number of rotatable bonds is 6. The van der Waals surface area contributed by atoms with E-state index in [1.54, 1.807) is 25.1 Å². The van der Waals surface area contributed by atoms with Gasteiger partial charge in [0.1, 0.15) is 5.75 Å². The first-order chi connectivity index (χ1) is 11.4. The molecule has 0 bridgehead atoms. The fourth-order valence-corrected chi connectivity index (χ4v) is 2.04. The average molecular weight is 333 g/mol. The van der Waals surface area contributed by atoms with E-state index in [1.165, 1.54) is 6.92 Å². The maximum absolute atomic E-state index is 12.1. The van der Waals surface area contributed by atoms with Gasteiger partial charge in [0.25, 0.3) is 0 Å². The molecular formula is C15H19N5O4. The van der Waals surface area contributed by atoms with E-state index >= 15 is 0 Å². The quantitative estimate of drug-likeness (QED) is 0.597. The van der Waals surface area contributed by atoms with Crippen molar-refractivity contribution in [2.45, 2.75) is 26.8 Å². The third-order valence-electron chi connectivity index (χ3n) is 3.21. The highest BCUT2D eigenvalue weighted by molar-refractivity contribution is 5.98. The largest absolute Gasteiger partial charge is 0.492 e. The summed E-state index contributed by atoms with van der Waals surface area (Å²) < 4.78 is 5.45. The molecule has 1 heterocycles. The van der Waals surface area contributed by atoms with Gasteiger partial charge in [0.2, 0.25) is 0 Å². The number of hydrogen-bond donors (Lipinski definition) is 4. The Morgan fingerprint density at radius 1 is 1.38 bits per heavy atom. The number of H-pyrrole nitrogens is 2. The molecule has 0 saturated heterocycles. The molecule has 128 valence electrons. The molecule has 0 saturated carbocycles. The van der Waals surface area contributed by atoms with Gasteiger partial charge in [0.15, 0.2) is 11.6 Å². The maximum atomic E-state index is 12.1. The molecule has 1 unspecified atom stereocenters. The van der Waals surface area contributed by atoms with Crippen LogP contribution in [0.2, 0.25) is 0 Å². The Morgan fingerprint density at radius 3 is 2.71 bits per heavy atom. The number of carbonyl (C=O) groups is 2. The standard InChI is InChI=1S/C15H19N5O4/c1-4-24-12-6-5-10(9(3)21)7-11(12)17-14(22)16-8(2)13-18-15(23)20-19-13/h5-8H,4H2,1-3H3,(H2,16,17,22)(H2,18,19,20,23). The van der Waals surface area contributed by atoms with Gasteiger partial charge in [-0.2, -0.15) is 5.10 Å². The monoisotopic (exact) mass is 333 g/mol. The maximum Gasteiger partial charge on any atom is 0.340 e. The Kier molecular flexibility index (Phi) is 5.35. The van der Waals surface area contributed by atoms with Gasteiger partial charge in [-0.15, -0.1) is 0 Å². The van der Waals surface area contributed by atoms with E-state index in [-0.39, 0.29) is 5.78 Å². The molecule has 9 nitrogen and oxygen atoms in total. The number of carbonyl (C=O) groups excluding carboxylic acids is 2. The highest BCUT2D eigenvalue weighted by Gasteiger charge is 2.15. The van der Waals surface area contributed by atoms with Crippen molar-refractivity contribution in [3.8, 4) is 5.75 Å². The van der Waals surface area contributed by atoms with Crippen LogP contribution in [0.5, 0.6) is 5.75 Å². The normalized spacial score (nSPS) is 11.6. The van der Waals surface area contributed by atoms with Crippen LogP contribution in [0.15, 0.2) is 23.0 Å². The molecule has 0 aliphatic carbocycles. The van der Waals surface area contributed by atoms with E-state index in [9.17, 15) is 14.4 Å². The molecule has 0 spiro atoms. The topological polar surface area (TPSA) is 129 Å². The third kappa shape index (κ3) is 4.22. The van der Waals surface area contributed by atoms with Crippen molar-refractivity contribution < 1.29 is 14.3 Å². The minimum atomic E-state index is -0.520. The summed E-state index contributed by atoms with van der Waals surface area (Å²) in [5.41, 5.74) is 0.384. The van der Waals surface area contributed by atoms with Crippen LogP contribution in [0, 0.1) is 0 Å². The number of nitrogens with zero attached hydrogens (tertiary/aromatic N) is 1. The fraction of sp³-hybridized carbons (Fsp3) is 0.333. The van der Waals surface area contributed by atoms with Gasteiger partial charge in [0, 0.05) is 5.56 Å². The number of benzene rings is 1. The van der Waals surface area contributed by atoms with Crippen LogP contribution in [0.4, 0.5) is 10.5 Å². The molecule has 0 radical (unpaired) electrons. The van der Waals surface area contributed by atoms with Crippen LogP contribution >= 0.6 is 0 Å². The molecule has 1 aromatic carbocycles. The number of anilines is 1. The smallest absolute Gasteiger partial charge is 0.340 e. The summed E-state index contributed by atoms with van der Waals surface area (Å²) in [6.07, 6.45) is 0. The summed E-state index contributed by atoms with van der Waals surface area (Å²) in [4.78, 5) is 37.2. The first-order valence-electron chi connectivity index (χ1n) is 7.40. The molecule has 2 amide bonds. The zero-order chi connectivity index (χ0) is 17.7. The van der Waals surface area contributed by atoms with Crippen molar-refractivity contribution >= 4 is 17.5 Å². The summed E-state index contributed by atoms with van der Waals surface area (Å²) in [6, 6.07) is 3.77. The Bertz CT molecular complexity index is 795. The van der Waals surface area contributed by atoms with Crippen molar-refractivity contribution in [1.82, 2.24) is 20.5 Å². The summed E-state index contributed by atoms with van der Waals surface area (Å²) in [7, 11) is 0. The predicted molar refractivity (Wildman–Crippen MR) is 87.4 cm³/mol. The lowest BCUT2D eigenvalue weighted by molar-refractivity contribution is 0.101. The number of aromatic amines is 2. The molecule has 2 aromatic rings. The van der Waals surface area contributed by atoms with Crippen LogP contribution in [0.3, 0.4) is 0 Å². The number of Topliss-reactive ketones (excluding diaryl/α,β-unsaturated/α-hetero) is 1. The van der Waals surface area contributed by atoms with Crippen molar-refractivity contribution in [1.29, 1.82) is 0 Å². The van der Waals surface area contributed by atoms with Crippen molar-refractivity contribution in [3.63, 3.8) is 0 Å². The summed E-state index contributed by atoms with van der Waals surface area (Å²) in [5.74, 6) is 0.639. The van der Waals surface area contributed by atoms with Crippen molar-refractivity contribution in [2.75, 3.05) is 11.9 Å². The number of aromatic nitrogens is 3. The third-order valence-corrected chi connectivity index (χ3v) is 3.21. The number of ketones is 1. The number of amides is 2. The van der Waals surface area contributed by atoms with Crippen LogP contribution in [-0.2, 0) is 0 Å². The van der Waals surface area contributed by atoms with E-state index in [0.717, 1.165) is 0 Å². The van der Waals surface area contributed by atoms with Crippen LogP contribution in [0.1, 0.15) is 43.0 Å². The molecule has 24 heavy (non-hydrogen) atoms.